The standard InChI is InChI=1S/C21H15N3OS.C7H7N5O/c1-2-18-23-17-10-6-7-15(11-12-19-22-13-14-26-19)20(17)21(25)24(18)16-8-4-3-5-9-16;8-5-4(6(9)13)7-10-2-1-3-12(7)11-5/h3-10,13-14H,2H2,1H3;1-3H,(H2,8,11)(H2,9,13). The molecule has 0 spiro atoms. The summed E-state index contributed by atoms with van der Waals surface area (Å²) in [6, 6.07) is 16.9. The lowest BCUT2D eigenvalue weighted by atomic mass is 10.1. The topological polar surface area (TPSA) is 147 Å². The van der Waals surface area contributed by atoms with Gasteiger partial charge in [0.25, 0.3) is 11.5 Å². The van der Waals surface area contributed by atoms with Crippen LogP contribution in [-0.4, -0.2) is 35.0 Å². The number of anilines is 1. The second kappa shape index (κ2) is 11.0. The van der Waals surface area contributed by atoms with E-state index in [0.29, 0.717) is 28.5 Å². The van der Waals surface area contributed by atoms with E-state index in [4.69, 9.17) is 16.5 Å². The Morgan fingerprint density at radius 1 is 1.03 bits per heavy atom. The number of carbonyl (C=O) groups is 1. The van der Waals surface area contributed by atoms with Crippen molar-refractivity contribution in [2.75, 3.05) is 5.73 Å². The summed E-state index contributed by atoms with van der Waals surface area (Å²) in [5.41, 5.74) is 13.2. The van der Waals surface area contributed by atoms with Crippen LogP contribution in [0.3, 0.4) is 0 Å². The molecule has 4 aromatic heterocycles. The number of fused-ring (bicyclic) bond motifs is 2. The van der Waals surface area contributed by atoms with Gasteiger partial charge in [-0.1, -0.05) is 37.1 Å². The van der Waals surface area contributed by atoms with Gasteiger partial charge in [0.15, 0.2) is 16.5 Å². The van der Waals surface area contributed by atoms with Gasteiger partial charge in [-0.25, -0.2) is 19.5 Å². The summed E-state index contributed by atoms with van der Waals surface area (Å²) in [6.07, 6.45) is 5.57. The van der Waals surface area contributed by atoms with Crippen LogP contribution in [0.2, 0.25) is 0 Å². The van der Waals surface area contributed by atoms with Crippen molar-refractivity contribution in [1.29, 1.82) is 0 Å². The third-order valence-electron chi connectivity index (χ3n) is 5.70. The molecular weight excluding hydrogens is 512 g/mol. The van der Waals surface area contributed by atoms with Crippen molar-refractivity contribution in [2.45, 2.75) is 13.3 Å². The monoisotopic (exact) mass is 534 g/mol. The zero-order valence-corrected chi connectivity index (χ0v) is 21.6. The molecule has 0 atom stereocenters. The Morgan fingerprint density at radius 2 is 1.85 bits per heavy atom. The smallest absolute Gasteiger partial charge is 0.267 e. The van der Waals surface area contributed by atoms with E-state index < -0.39 is 5.91 Å². The van der Waals surface area contributed by atoms with E-state index in [1.807, 2.05) is 60.8 Å². The fraction of sp³-hybridized carbons (Fsp3) is 0.0714. The van der Waals surface area contributed by atoms with Crippen molar-refractivity contribution in [3.05, 3.63) is 111 Å². The highest BCUT2D eigenvalue weighted by atomic mass is 32.1. The minimum Gasteiger partial charge on any atom is -0.381 e. The Hall–Kier alpha value is -5.34. The largest absolute Gasteiger partial charge is 0.381 e. The number of hydrogen-bond acceptors (Lipinski definition) is 8. The first-order chi connectivity index (χ1) is 19.0. The Labute approximate surface area is 226 Å². The third kappa shape index (κ3) is 5.09. The summed E-state index contributed by atoms with van der Waals surface area (Å²) in [6.45, 7) is 2.00. The molecule has 0 aliphatic rings. The molecule has 0 saturated heterocycles. The Balaban J connectivity index is 0.000000198. The van der Waals surface area contributed by atoms with Crippen LogP contribution in [0.5, 0.6) is 0 Å². The highest BCUT2D eigenvalue weighted by molar-refractivity contribution is 7.10. The molecule has 6 aromatic rings. The summed E-state index contributed by atoms with van der Waals surface area (Å²) >= 11 is 1.47. The maximum atomic E-state index is 13.3. The SMILES string of the molecule is CCc1nc2cccc(C#Cc3nccs3)c2c(=O)n1-c1ccccc1.NC(=O)c1c(N)nn2cccnc12. The number of thiazole rings is 1. The molecule has 6 rings (SSSR count). The van der Waals surface area contributed by atoms with E-state index in [9.17, 15) is 9.59 Å². The predicted octanol–water partition coefficient (Wildman–Crippen LogP) is 3.21. The van der Waals surface area contributed by atoms with Crippen molar-refractivity contribution >= 4 is 39.6 Å². The van der Waals surface area contributed by atoms with Crippen LogP contribution in [0.25, 0.3) is 22.2 Å². The number of benzene rings is 2. The normalized spacial score (nSPS) is 10.5. The second-order valence-corrected chi connectivity index (χ2v) is 9.05. The number of amides is 1. The molecule has 11 heteroatoms. The molecule has 4 N–H and O–H groups in total. The van der Waals surface area contributed by atoms with Gasteiger partial charge in [0.2, 0.25) is 0 Å². The van der Waals surface area contributed by atoms with Crippen LogP contribution in [-0.2, 0) is 6.42 Å². The number of aryl methyl sites for hydroxylation is 1. The second-order valence-electron chi connectivity index (χ2n) is 8.16. The molecule has 0 fully saturated rings. The Bertz CT molecular complexity index is 1920. The minimum absolute atomic E-state index is 0.0953. The van der Waals surface area contributed by atoms with Crippen LogP contribution in [0, 0.1) is 11.8 Å². The lowest BCUT2D eigenvalue weighted by Crippen LogP contribution is -2.24. The lowest BCUT2D eigenvalue weighted by molar-refractivity contribution is 0.100. The van der Waals surface area contributed by atoms with Gasteiger partial charge in [-0.15, -0.1) is 16.4 Å². The molecule has 0 unspecified atom stereocenters. The molecule has 1 amide bonds. The number of hydrogen-bond donors (Lipinski definition) is 2. The van der Waals surface area contributed by atoms with Crippen LogP contribution in [0.15, 0.2) is 83.4 Å². The lowest BCUT2D eigenvalue weighted by Gasteiger charge is -2.13. The molecule has 4 heterocycles. The highest BCUT2D eigenvalue weighted by Gasteiger charge is 2.16. The van der Waals surface area contributed by atoms with E-state index in [-0.39, 0.29) is 16.9 Å². The van der Waals surface area contributed by atoms with Gasteiger partial charge in [-0.2, -0.15) is 0 Å². The molecular formula is C28H22N8O2S. The van der Waals surface area contributed by atoms with Crippen LogP contribution >= 0.6 is 11.3 Å². The van der Waals surface area contributed by atoms with Gasteiger partial charge in [-0.3, -0.25) is 14.2 Å². The first-order valence-corrected chi connectivity index (χ1v) is 12.8. The van der Waals surface area contributed by atoms with Crippen molar-refractivity contribution in [1.82, 2.24) is 29.1 Å². The number of rotatable bonds is 3. The van der Waals surface area contributed by atoms with Gasteiger partial charge < -0.3 is 11.5 Å². The quantitative estimate of drug-likeness (QED) is 0.331. The average Bonchev–Trinajstić information content (AvgIpc) is 3.59. The number of para-hydroxylation sites is 1. The highest BCUT2D eigenvalue weighted by Crippen LogP contribution is 2.17. The fourth-order valence-corrected chi connectivity index (χ4v) is 4.49. The number of carbonyl (C=O) groups excluding carboxylic acids is 1. The summed E-state index contributed by atoms with van der Waals surface area (Å²) in [5.74, 6) is 6.34. The number of nitrogens with zero attached hydrogens (tertiary/aromatic N) is 6. The van der Waals surface area contributed by atoms with Crippen molar-refractivity contribution < 1.29 is 4.79 Å². The molecule has 0 aliphatic heterocycles. The summed E-state index contributed by atoms with van der Waals surface area (Å²) in [5, 5.41) is 7.01. The van der Waals surface area contributed by atoms with Crippen LogP contribution in [0.4, 0.5) is 5.82 Å². The molecule has 0 radical (unpaired) electrons. The van der Waals surface area contributed by atoms with E-state index in [0.717, 1.165) is 16.5 Å². The van der Waals surface area contributed by atoms with Crippen molar-refractivity contribution in [3.63, 3.8) is 0 Å². The molecule has 0 aliphatic carbocycles. The van der Waals surface area contributed by atoms with Crippen LogP contribution in [0.1, 0.15) is 33.7 Å². The summed E-state index contributed by atoms with van der Waals surface area (Å²) < 4.78 is 3.09. The first-order valence-electron chi connectivity index (χ1n) is 11.9. The maximum absolute atomic E-state index is 13.3. The van der Waals surface area contributed by atoms with Crippen LogP contribution < -0.4 is 17.0 Å². The number of nitrogen functional groups attached to an aromatic ring is 1. The first kappa shape index (κ1) is 25.3. The van der Waals surface area contributed by atoms with Crippen molar-refractivity contribution in [2.24, 2.45) is 5.73 Å². The molecule has 2 aromatic carbocycles. The molecule has 0 saturated carbocycles. The number of primary amides is 1. The Morgan fingerprint density at radius 3 is 2.56 bits per heavy atom. The summed E-state index contributed by atoms with van der Waals surface area (Å²) in [4.78, 5) is 37.1. The predicted molar refractivity (Wildman–Crippen MR) is 151 cm³/mol. The van der Waals surface area contributed by atoms with Gasteiger partial charge in [0.1, 0.15) is 11.4 Å². The van der Waals surface area contributed by atoms with E-state index >= 15 is 0 Å². The minimum atomic E-state index is -0.619. The Kier molecular flexibility index (Phi) is 7.11. The van der Waals surface area contributed by atoms with Gasteiger partial charge in [0, 0.05) is 36.0 Å². The van der Waals surface area contributed by atoms with Gasteiger partial charge in [0.05, 0.1) is 16.6 Å². The average molecular weight is 535 g/mol. The zero-order valence-electron chi connectivity index (χ0n) is 20.8. The van der Waals surface area contributed by atoms with E-state index in [1.54, 1.807) is 29.2 Å². The maximum Gasteiger partial charge on any atom is 0.267 e. The molecule has 0 bridgehead atoms. The van der Waals surface area contributed by atoms with Gasteiger partial charge >= 0.3 is 0 Å². The number of nitrogens with two attached hydrogens (primary N) is 2. The fourth-order valence-electron chi connectivity index (χ4n) is 4.01. The van der Waals surface area contributed by atoms with E-state index in [2.05, 4.69) is 26.9 Å². The molecule has 10 nitrogen and oxygen atoms in total. The van der Waals surface area contributed by atoms with Crippen molar-refractivity contribution in [3.8, 4) is 17.5 Å². The zero-order chi connectivity index (χ0) is 27.4. The molecule has 192 valence electrons. The van der Waals surface area contributed by atoms with E-state index in [1.165, 1.54) is 15.9 Å². The summed E-state index contributed by atoms with van der Waals surface area (Å²) in [7, 11) is 0. The third-order valence-corrected chi connectivity index (χ3v) is 6.39. The molecule has 39 heavy (non-hydrogen) atoms. The van der Waals surface area contributed by atoms with Gasteiger partial charge in [-0.05, 0) is 36.3 Å². The number of aromatic nitrogens is 6.